The van der Waals surface area contributed by atoms with E-state index in [0.29, 0.717) is 12.8 Å². The zero-order chi connectivity index (χ0) is 19.9. The monoisotopic (exact) mass is 370 g/mol. The fourth-order valence-electron chi connectivity index (χ4n) is 1.94. The largest absolute Gasteiger partial charge is 0.505 e. The third-order valence-corrected chi connectivity index (χ3v) is 3.25. The minimum atomic E-state index is -1.29. The van der Waals surface area contributed by atoms with Gasteiger partial charge in [0.15, 0.2) is 5.78 Å². The van der Waals surface area contributed by atoms with Crippen LogP contribution < -0.4 is 0 Å². The van der Waals surface area contributed by atoms with E-state index in [1.807, 2.05) is 60.7 Å². The van der Waals surface area contributed by atoms with Gasteiger partial charge in [0.2, 0.25) is 0 Å². The Balaban J connectivity index is 0.000000271. The van der Waals surface area contributed by atoms with Crippen molar-refractivity contribution in [3.8, 4) is 0 Å². The van der Waals surface area contributed by atoms with Gasteiger partial charge in [-0.2, -0.15) is 0 Å². The van der Waals surface area contributed by atoms with Crippen LogP contribution in [0.1, 0.15) is 28.8 Å². The molecule has 2 aromatic rings. The molecule has 6 heteroatoms. The van der Waals surface area contributed by atoms with Crippen LogP contribution in [0.3, 0.4) is 0 Å². The van der Waals surface area contributed by atoms with Crippen molar-refractivity contribution in [1.29, 1.82) is 0 Å². The van der Waals surface area contributed by atoms with Crippen LogP contribution >= 0.6 is 0 Å². The van der Waals surface area contributed by atoms with Gasteiger partial charge in [-0.1, -0.05) is 67.2 Å². The second kappa shape index (κ2) is 12.9. The molecular formula is C21H22O6. The number of carboxylic acid groups (broad SMARTS) is 1. The van der Waals surface area contributed by atoms with E-state index < -0.39 is 12.1 Å². The molecule has 0 aliphatic carbocycles. The quantitative estimate of drug-likeness (QED) is 0.325. The standard InChI is InChI=1S/C13H10O.C8H12O5/c14-13(11-7-3-1-4-8-11)12-9-5-2-6-10-12;1-2-7(9)12-5-3-4-6-13-8(10)11/h1-10H;2H,1,3-6H2,(H,10,11). The Morgan fingerprint density at radius 1 is 0.815 bits per heavy atom. The summed E-state index contributed by atoms with van der Waals surface area (Å²) in [5.41, 5.74) is 1.47. The van der Waals surface area contributed by atoms with Gasteiger partial charge in [0.1, 0.15) is 0 Å². The van der Waals surface area contributed by atoms with E-state index in [0.717, 1.165) is 17.2 Å². The van der Waals surface area contributed by atoms with Crippen molar-refractivity contribution in [2.75, 3.05) is 13.2 Å². The van der Waals surface area contributed by atoms with Crippen LogP contribution in [0.4, 0.5) is 4.79 Å². The Kier molecular flexibility index (Phi) is 10.3. The van der Waals surface area contributed by atoms with Gasteiger partial charge >= 0.3 is 12.1 Å². The van der Waals surface area contributed by atoms with Gasteiger partial charge in [0, 0.05) is 17.2 Å². The average Bonchev–Trinajstić information content (AvgIpc) is 2.71. The molecule has 142 valence electrons. The van der Waals surface area contributed by atoms with Crippen LogP contribution in [0.2, 0.25) is 0 Å². The molecule has 0 unspecified atom stereocenters. The first-order chi connectivity index (χ1) is 13.0. The number of ketones is 1. The van der Waals surface area contributed by atoms with Crippen LogP contribution in [0.15, 0.2) is 73.3 Å². The fraction of sp³-hybridized carbons (Fsp3) is 0.190. The molecular weight excluding hydrogens is 348 g/mol. The number of hydrogen-bond donors (Lipinski definition) is 1. The zero-order valence-corrected chi connectivity index (χ0v) is 14.9. The highest BCUT2D eigenvalue weighted by atomic mass is 16.7. The maximum atomic E-state index is 11.8. The highest BCUT2D eigenvalue weighted by molar-refractivity contribution is 6.08. The van der Waals surface area contributed by atoms with Gasteiger partial charge in [-0.3, -0.25) is 4.79 Å². The summed E-state index contributed by atoms with van der Waals surface area (Å²) in [6.07, 6.45) is 0.903. The molecule has 6 nitrogen and oxygen atoms in total. The van der Waals surface area contributed by atoms with Crippen molar-refractivity contribution < 1.29 is 29.0 Å². The lowest BCUT2D eigenvalue weighted by Gasteiger charge is -2.01. The highest BCUT2D eigenvalue weighted by Crippen LogP contribution is 2.08. The summed E-state index contributed by atoms with van der Waals surface area (Å²) in [6.45, 7) is 3.61. The van der Waals surface area contributed by atoms with E-state index in [1.165, 1.54) is 0 Å². The second-order valence-corrected chi connectivity index (χ2v) is 5.25. The van der Waals surface area contributed by atoms with E-state index in [1.54, 1.807) is 0 Å². The van der Waals surface area contributed by atoms with Crippen LogP contribution in [0.5, 0.6) is 0 Å². The summed E-state index contributed by atoms with van der Waals surface area (Å²) >= 11 is 0. The van der Waals surface area contributed by atoms with Crippen molar-refractivity contribution in [3.05, 3.63) is 84.4 Å². The van der Waals surface area contributed by atoms with Gasteiger partial charge in [-0.05, 0) is 12.8 Å². The van der Waals surface area contributed by atoms with Gasteiger partial charge in [0.05, 0.1) is 13.2 Å². The summed E-state index contributed by atoms with van der Waals surface area (Å²) in [5.74, 6) is -0.398. The molecule has 0 amide bonds. The van der Waals surface area contributed by atoms with E-state index in [2.05, 4.69) is 16.1 Å². The van der Waals surface area contributed by atoms with Gasteiger partial charge in [0.25, 0.3) is 0 Å². The first-order valence-corrected chi connectivity index (χ1v) is 8.34. The summed E-state index contributed by atoms with van der Waals surface area (Å²) in [4.78, 5) is 32.2. The van der Waals surface area contributed by atoms with Crippen molar-refractivity contribution in [3.63, 3.8) is 0 Å². The lowest BCUT2D eigenvalue weighted by atomic mass is 10.0. The Hall–Kier alpha value is -3.41. The minimum absolute atomic E-state index is 0.0752. The third kappa shape index (κ3) is 9.60. The van der Waals surface area contributed by atoms with Crippen LogP contribution in [0.25, 0.3) is 0 Å². The maximum absolute atomic E-state index is 11.8. The third-order valence-electron chi connectivity index (χ3n) is 3.25. The van der Waals surface area contributed by atoms with Gasteiger partial charge < -0.3 is 14.6 Å². The summed E-state index contributed by atoms with van der Waals surface area (Å²) in [6, 6.07) is 18.6. The number of hydrogen-bond acceptors (Lipinski definition) is 5. The molecule has 0 aromatic heterocycles. The molecule has 0 aliphatic heterocycles. The number of carbonyl (C=O) groups is 3. The minimum Gasteiger partial charge on any atom is -0.463 e. The molecule has 0 fully saturated rings. The van der Waals surface area contributed by atoms with E-state index in [-0.39, 0.29) is 19.0 Å². The summed E-state index contributed by atoms with van der Waals surface area (Å²) in [7, 11) is 0. The predicted octanol–water partition coefficient (Wildman–Crippen LogP) is 4.11. The average molecular weight is 370 g/mol. The molecule has 0 radical (unpaired) electrons. The molecule has 0 aliphatic rings. The van der Waals surface area contributed by atoms with E-state index in [4.69, 9.17) is 5.11 Å². The Bertz CT molecular complexity index is 683. The SMILES string of the molecule is C=CC(=O)OCCCCOC(=O)O.O=C(c1ccccc1)c1ccccc1. The van der Waals surface area contributed by atoms with Crippen molar-refractivity contribution in [1.82, 2.24) is 0 Å². The molecule has 0 atom stereocenters. The lowest BCUT2D eigenvalue weighted by Crippen LogP contribution is -2.05. The van der Waals surface area contributed by atoms with Gasteiger partial charge in [-0.25, -0.2) is 9.59 Å². The maximum Gasteiger partial charge on any atom is 0.505 e. The smallest absolute Gasteiger partial charge is 0.463 e. The topological polar surface area (TPSA) is 89.9 Å². The molecule has 0 heterocycles. The fourth-order valence-corrected chi connectivity index (χ4v) is 1.94. The van der Waals surface area contributed by atoms with Crippen LogP contribution in [-0.2, 0) is 14.3 Å². The Morgan fingerprint density at radius 3 is 1.67 bits per heavy atom. The first kappa shape index (κ1) is 21.6. The summed E-state index contributed by atoms with van der Waals surface area (Å²) in [5, 5.41) is 8.08. The number of ether oxygens (including phenoxy) is 2. The molecule has 0 spiro atoms. The van der Waals surface area contributed by atoms with Crippen LogP contribution in [-0.4, -0.2) is 36.2 Å². The Labute approximate surface area is 158 Å². The van der Waals surface area contributed by atoms with E-state index >= 15 is 0 Å². The molecule has 1 N–H and O–H groups in total. The number of rotatable bonds is 8. The molecule has 0 bridgehead atoms. The predicted molar refractivity (Wildman–Crippen MR) is 101 cm³/mol. The molecule has 0 saturated heterocycles. The molecule has 0 saturated carbocycles. The first-order valence-electron chi connectivity index (χ1n) is 8.34. The molecule has 2 aromatic carbocycles. The zero-order valence-electron chi connectivity index (χ0n) is 14.9. The normalized spacial score (nSPS) is 9.33. The van der Waals surface area contributed by atoms with Crippen molar-refractivity contribution in [2.45, 2.75) is 12.8 Å². The Morgan fingerprint density at radius 2 is 1.26 bits per heavy atom. The van der Waals surface area contributed by atoms with Gasteiger partial charge in [-0.15, -0.1) is 0 Å². The van der Waals surface area contributed by atoms with E-state index in [9.17, 15) is 14.4 Å². The van der Waals surface area contributed by atoms with Crippen molar-refractivity contribution >= 4 is 17.9 Å². The number of carbonyl (C=O) groups excluding carboxylic acids is 2. The number of unbranched alkanes of at least 4 members (excludes halogenated alkanes) is 1. The summed E-state index contributed by atoms with van der Waals surface area (Å²) < 4.78 is 8.87. The second-order valence-electron chi connectivity index (χ2n) is 5.25. The molecule has 2 rings (SSSR count). The number of benzene rings is 2. The highest BCUT2D eigenvalue weighted by Gasteiger charge is 2.06. The van der Waals surface area contributed by atoms with Crippen molar-refractivity contribution in [2.24, 2.45) is 0 Å². The molecule has 27 heavy (non-hydrogen) atoms. The van der Waals surface area contributed by atoms with Crippen LogP contribution in [0, 0.1) is 0 Å². The number of esters is 1. The lowest BCUT2D eigenvalue weighted by molar-refractivity contribution is -0.137.